The smallest absolute Gasteiger partial charge is 0.315 e. The van der Waals surface area contributed by atoms with Gasteiger partial charge in [0.25, 0.3) is 0 Å². The van der Waals surface area contributed by atoms with Gasteiger partial charge in [0.1, 0.15) is 5.75 Å². The van der Waals surface area contributed by atoms with Gasteiger partial charge in [-0.3, -0.25) is 9.48 Å². The van der Waals surface area contributed by atoms with Gasteiger partial charge in [-0.05, 0) is 31.0 Å². The quantitative estimate of drug-likeness (QED) is 0.527. The maximum Gasteiger partial charge on any atom is 0.315 e. The molecule has 0 fully saturated rings. The fourth-order valence-electron chi connectivity index (χ4n) is 2.94. The highest BCUT2D eigenvalue weighted by Gasteiger charge is 2.16. The Morgan fingerprint density at radius 2 is 1.72 bits per heavy atom. The standard InChI is InChI=1S/C21H22N2O2/c1-15-19(16(2)23(3)22-15)14-21(24)25-20-12-8-7-11-18(20)13-17-9-5-4-6-10-17/h4-12H,13-14H2,1-3H3. The third kappa shape index (κ3) is 3.97. The van der Waals surface area contributed by atoms with Crippen LogP contribution in [0.15, 0.2) is 54.6 Å². The number of benzene rings is 2. The SMILES string of the molecule is Cc1nn(C)c(C)c1CC(=O)Oc1ccccc1Cc1ccccc1. The van der Waals surface area contributed by atoms with E-state index in [0.717, 1.165) is 28.9 Å². The van der Waals surface area contributed by atoms with Crippen molar-refractivity contribution in [3.63, 3.8) is 0 Å². The predicted octanol–water partition coefficient (Wildman–Crippen LogP) is 3.78. The van der Waals surface area contributed by atoms with E-state index in [-0.39, 0.29) is 12.4 Å². The Hall–Kier alpha value is -2.88. The average molecular weight is 334 g/mol. The number of hydrogen-bond acceptors (Lipinski definition) is 3. The molecule has 3 rings (SSSR count). The first-order chi connectivity index (χ1) is 12.0. The predicted molar refractivity (Wildman–Crippen MR) is 97.7 cm³/mol. The van der Waals surface area contributed by atoms with Crippen LogP contribution in [0, 0.1) is 13.8 Å². The van der Waals surface area contributed by atoms with Crippen LogP contribution >= 0.6 is 0 Å². The first-order valence-corrected chi connectivity index (χ1v) is 8.36. The van der Waals surface area contributed by atoms with E-state index in [9.17, 15) is 4.79 Å². The van der Waals surface area contributed by atoms with E-state index < -0.39 is 0 Å². The Bertz CT molecular complexity index is 882. The Labute approximate surface area is 148 Å². The van der Waals surface area contributed by atoms with E-state index >= 15 is 0 Å². The molecule has 128 valence electrons. The van der Waals surface area contributed by atoms with E-state index in [1.165, 1.54) is 5.56 Å². The molecule has 0 amide bonds. The van der Waals surface area contributed by atoms with E-state index in [4.69, 9.17) is 4.74 Å². The van der Waals surface area contributed by atoms with Crippen LogP contribution in [0.25, 0.3) is 0 Å². The number of esters is 1. The molecular weight excluding hydrogens is 312 g/mol. The molecule has 0 N–H and O–H groups in total. The summed E-state index contributed by atoms with van der Waals surface area (Å²) in [4.78, 5) is 12.4. The zero-order valence-corrected chi connectivity index (χ0v) is 14.8. The molecule has 1 heterocycles. The van der Waals surface area contributed by atoms with Crippen molar-refractivity contribution in [2.45, 2.75) is 26.7 Å². The second kappa shape index (κ2) is 7.34. The number of carbonyl (C=O) groups excluding carboxylic acids is 1. The van der Waals surface area contributed by atoms with Gasteiger partial charge in [0.2, 0.25) is 0 Å². The maximum absolute atomic E-state index is 12.4. The molecule has 1 aromatic heterocycles. The van der Waals surface area contributed by atoms with Gasteiger partial charge in [0, 0.05) is 24.7 Å². The molecule has 4 nitrogen and oxygen atoms in total. The van der Waals surface area contributed by atoms with Crippen LogP contribution in [0.4, 0.5) is 0 Å². The van der Waals surface area contributed by atoms with E-state index in [2.05, 4.69) is 17.2 Å². The van der Waals surface area contributed by atoms with Gasteiger partial charge in [0.05, 0.1) is 12.1 Å². The van der Waals surface area contributed by atoms with Crippen LogP contribution in [0.5, 0.6) is 5.75 Å². The number of carbonyl (C=O) groups is 1. The van der Waals surface area contributed by atoms with Gasteiger partial charge >= 0.3 is 5.97 Å². The molecule has 3 aromatic rings. The zero-order valence-electron chi connectivity index (χ0n) is 14.8. The summed E-state index contributed by atoms with van der Waals surface area (Å²) in [7, 11) is 1.88. The monoisotopic (exact) mass is 334 g/mol. The molecule has 0 bridgehead atoms. The van der Waals surface area contributed by atoms with Gasteiger partial charge in [-0.2, -0.15) is 5.10 Å². The maximum atomic E-state index is 12.4. The minimum atomic E-state index is -0.264. The fourth-order valence-corrected chi connectivity index (χ4v) is 2.94. The van der Waals surface area contributed by atoms with Crippen molar-refractivity contribution in [3.05, 3.63) is 82.7 Å². The van der Waals surface area contributed by atoms with E-state index in [1.807, 2.05) is 63.4 Å². The molecule has 25 heavy (non-hydrogen) atoms. The number of rotatable bonds is 5. The Morgan fingerprint density at radius 3 is 2.40 bits per heavy atom. The molecule has 0 radical (unpaired) electrons. The Balaban J connectivity index is 1.75. The van der Waals surface area contributed by atoms with Crippen molar-refractivity contribution in [2.75, 3.05) is 0 Å². The summed E-state index contributed by atoms with van der Waals surface area (Å²) < 4.78 is 7.46. The van der Waals surface area contributed by atoms with Crippen molar-refractivity contribution in [2.24, 2.45) is 7.05 Å². The Kier molecular flexibility index (Phi) is 4.98. The van der Waals surface area contributed by atoms with Crippen molar-refractivity contribution >= 4 is 5.97 Å². The molecule has 0 spiro atoms. The minimum Gasteiger partial charge on any atom is -0.426 e. The van der Waals surface area contributed by atoms with Crippen molar-refractivity contribution in [1.29, 1.82) is 0 Å². The summed E-state index contributed by atoms with van der Waals surface area (Å²) in [5.74, 6) is 0.357. The molecular formula is C21H22N2O2. The highest BCUT2D eigenvalue weighted by molar-refractivity contribution is 5.76. The van der Waals surface area contributed by atoms with E-state index in [0.29, 0.717) is 5.75 Å². The third-order valence-corrected chi connectivity index (χ3v) is 4.41. The molecule has 0 atom stereocenters. The minimum absolute atomic E-state index is 0.227. The topological polar surface area (TPSA) is 44.1 Å². The molecule has 2 aromatic carbocycles. The van der Waals surface area contributed by atoms with Crippen LogP contribution in [0.3, 0.4) is 0 Å². The molecule has 0 aliphatic heterocycles. The summed E-state index contributed by atoms with van der Waals surface area (Å²) in [6.07, 6.45) is 0.959. The van der Waals surface area contributed by atoms with Gasteiger partial charge in [0.15, 0.2) is 0 Å². The molecule has 0 saturated heterocycles. The highest BCUT2D eigenvalue weighted by Crippen LogP contribution is 2.22. The zero-order chi connectivity index (χ0) is 17.8. The summed E-state index contributed by atoms with van der Waals surface area (Å²) in [5.41, 5.74) is 4.99. The first kappa shape index (κ1) is 17.0. The molecule has 0 unspecified atom stereocenters. The van der Waals surface area contributed by atoms with E-state index in [1.54, 1.807) is 4.68 Å². The molecule has 0 aliphatic rings. The summed E-state index contributed by atoms with van der Waals surface area (Å²) in [6, 6.07) is 17.9. The van der Waals surface area contributed by atoms with Crippen LogP contribution in [-0.4, -0.2) is 15.7 Å². The van der Waals surface area contributed by atoms with Crippen LogP contribution in [-0.2, 0) is 24.7 Å². The lowest BCUT2D eigenvalue weighted by atomic mass is 10.0. The lowest BCUT2D eigenvalue weighted by molar-refractivity contribution is -0.133. The number of nitrogens with zero attached hydrogens (tertiary/aromatic N) is 2. The van der Waals surface area contributed by atoms with Crippen LogP contribution in [0.1, 0.15) is 28.1 Å². The van der Waals surface area contributed by atoms with Gasteiger partial charge < -0.3 is 4.74 Å². The van der Waals surface area contributed by atoms with Crippen LogP contribution in [0.2, 0.25) is 0 Å². The fraction of sp³-hybridized carbons (Fsp3) is 0.238. The number of aryl methyl sites for hydroxylation is 2. The normalized spacial score (nSPS) is 10.7. The third-order valence-electron chi connectivity index (χ3n) is 4.41. The van der Waals surface area contributed by atoms with Gasteiger partial charge in [-0.25, -0.2) is 0 Å². The summed E-state index contributed by atoms with van der Waals surface area (Å²) in [6.45, 7) is 3.88. The van der Waals surface area contributed by atoms with Crippen molar-refractivity contribution < 1.29 is 9.53 Å². The van der Waals surface area contributed by atoms with Crippen molar-refractivity contribution in [1.82, 2.24) is 9.78 Å². The molecule has 0 aliphatic carbocycles. The second-order valence-corrected chi connectivity index (χ2v) is 6.19. The number of para-hydroxylation sites is 1. The lowest BCUT2D eigenvalue weighted by Crippen LogP contribution is -2.13. The van der Waals surface area contributed by atoms with Crippen LogP contribution < -0.4 is 4.74 Å². The van der Waals surface area contributed by atoms with Crippen molar-refractivity contribution in [3.8, 4) is 5.75 Å². The average Bonchev–Trinajstić information content (AvgIpc) is 2.84. The second-order valence-electron chi connectivity index (χ2n) is 6.19. The number of hydrogen-bond donors (Lipinski definition) is 0. The molecule has 4 heteroatoms. The largest absolute Gasteiger partial charge is 0.426 e. The summed E-state index contributed by atoms with van der Waals surface area (Å²) >= 11 is 0. The first-order valence-electron chi connectivity index (χ1n) is 8.36. The summed E-state index contributed by atoms with van der Waals surface area (Å²) in [5, 5.41) is 4.35. The van der Waals surface area contributed by atoms with Gasteiger partial charge in [-0.1, -0.05) is 48.5 Å². The highest BCUT2D eigenvalue weighted by atomic mass is 16.5. The molecule has 0 saturated carbocycles. The van der Waals surface area contributed by atoms with Gasteiger partial charge in [-0.15, -0.1) is 0 Å². The Morgan fingerprint density at radius 1 is 1.04 bits per heavy atom. The number of ether oxygens (including phenoxy) is 1. The number of aromatic nitrogens is 2. The lowest BCUT2D eigenvalue weighted by Gasteiger charge is -2.10.